The molecule has 0 saturated heterocycles. The minimum Gasteiger partial charge on any atom is -0.330 e. The van der Waals surface area contributed by atoms with Crippen molar-refractivity contribution < 1.29 is 8.78 Å². The summed E-state index contributed by atoms with van der Waals surface area (Å²) in [6.45, 7) is 3.98. The van der Waals surface area contributed by atoms with Gasteiger partial charge in [0.05, 0.1) is 0 Å². The van der Waals surface area contributed by atoms with Crippen LogP contribution in [0.4, 0.5) is 8.78 Å². The minimum atomic E-state index is -0.398. The van der Waals surface area contributed by atoms with Crippen LogP contribution in [0.15, 0.2) is 18.2 Å². The van der Waals surface area contributed by atoms with Crippen LogP contribution in [0.3, 0.4) is 0 Å². The van der Waals surface area contributed by atoms with Gasteiger partial charge in [-0.2, -0.15) is 0 Å². The van der Waals surface area contributed by atoms with E-state index < -0.39 is 5.82 Å². The molecule has 0 aliphatic heterocycles. The van der Waals surface area contributed by atoms with Crippen molar-refractivity contribution in [2.45, 2.75) is 19.9 Å². The first-order valence-electron chi connectivity index (χ1n) is 5.85. The molecule has 4 heteroatoms. The van der Waals surface area contributed by atoms with Gasteiger partial charge in [-0.05, 0) is 50.7 Å². The SMILES string of the molecule is CC(CN)CCN(C)Cc1cc(F)ccc1F. The summed E-state index contributed by atoms with van der Waals surface area (Å²) in [6.07, 6.45) is 0.962. The smallest absolute Gasteiger partial charge is 0.127 e. The first-order valence-corrected chi connectivity index (χ1v) is 5.85. The van der Waals surface area contributed by atoms with Crippen molar-refractivity contribution in [3.63, 3.8) is 0 Å². The van der Waals surface area contributed by atoms with E-state index in [2.05, 4.69) is 6.92 Å². The molecule has 96 valence electrons. The molecule has 1 rings (SSSR count). The van der Waals surface area contributed by atoms with Crippen LogP contribution in [-0.4, -0.2) is 25.0 Å². The lowest BCUT2D eigenvalue weighted by atomic mass is 10.1. The molecule has 0 aliphatic carbocycles. The lowest BCUT2D eigenvalue weighted by molar-refractivity contribution is 0.295. The number of hydrogen-bond donors (Lipinski definition) is 1. The zero-order valence-electron chi connectivity index (χ0n) is 10.4. The number of benzene rings is 1. The first-order chi connectivity index (χ1) is 8.02. The molecule has 17 heavy (non-hydrogen) atoms. The van der Waals surface area contributed by atoms with Crippen LogP contribution in [0, 0.1) is 17.6 Å². The van der Waals surface area contributed by atoms with Crippen molar-refractivity contribution in [3.05, 3.63) is 35.4 Å². The van der Waals surface area contributed by atoms with Gasteiger partial charge in [0, 0.05) is 12.1 Å². The van der Waals surface area contributed by atoms with E-state index in [-0.39, 0.29) is 5.82 Å². The molecule has 1 atom stereocenters. The van der Waals surface area contributed by atoms with Crippen molar-refractivity contribution in [1.29, 1.82) is 0 Å². The topological polar surface area (TPSA) is 29.3 Å². The predicted octanol–water partition coefficient (Wildman–Crippen LogP) is 2.38. The van der Waals surface area contributed by atoms with Gasteiger partial charge in [-0.3, -0.25) is 0 Å². The second kappa shape index (κ2) is 6.67. The van der Waals surface area contributed by atoms with Crippen molar-refractivity contribution >= 4 is 0 Å². The molecule has 0 fully saturated rings. The maximum Gasteiger partial charge on any atom is 0.127 e. The molecule has 0 radical (unpaired) electrons. The van der Waals surface area contributed by atoms with Gasteiger partial charge in [-0.15, -0.1) is 0 Å². The maximum absolute atomic E-state index is 13.4. The molecule has 0 aliphatic rings. The summed E-state index contributed by atoms with van der Waals surface area (Å²) in [5.74, 6) is -0.301. The normalized spacial score (nSPS) is 13.1. The molecule has 0 heterocycles. The Morgan fingerprint density at radius 3 is 2.71 bits per heavy atom. The van der Waals surface area contributed by atoms with E-state index >= 15 is 0 Å². The van der Waals surface area contributed by atoms with Gasteiger partial charge >= 0.3 is 0 Å². The molecule has 0 saturated carbocycles. The highest BCUT2D eigenvalue weighted by molar-refractivity contribution is 5.18. The van der Waals surface area contributed by atoms with Gasteiger partial charge in [-0.1, -0.05) is 6.92 Å². The molecular formula is C13H20F2N2. The largest absolute Gasteiger partial charge is 0.330 e. The van der Waals surface area contributed by atoms with Crippen LogP contribution >= 0.6 is 0 Å². The van der Waals surface area contributed by atoms with Gasteiger partial charge in [0.15, 0.2) is 0 Å². The summed E-state index contributed by atoms with van der Waals surface area (Å²) in [6, 6.07) is 3.55. The quantitative estimate of drug-likeness (QED) is 0.830. The fourth-order valence-corrected chi connectivity index (χ4v) is 1.59. The molecule has 0 bridgehead atoms. The van der Waals surface area contributed by atoms with Crippen LogP contribution in [0.1, 0.15) is 18.9 Å². The molecule has 1 unspecified atom stereocenters. The van der Waals surface area contributed by atoms with Gasteiger partial charge in [0.1, 0.15) is 11.6 Å². The zero-order valence-corrected chi connectivity index (χ0v) is 10.4. The Balaban J connectivity index is 2.50. The summed E-state index contributed by atoms with van der Waals surface area (Å²) in [4.78, 5) is 1.98. The average molecular weight is 242 g/mol. The summed E-state index contributed by atoms with van der Waals surface area (Å²) < 4.78 is 26.3. The predicted molar refractivity (Wildman–Crippen MR) is 65.5 cm³/mol. The summed E-state index contributed by atoms with van der Waals surface area (Å²) >= 11 is 0. The van der Waals surface area contributed by atoms with Crippen molar-refractivity contribution in [3.8, 4) is 0 Å². The number of halogens is 2. The Labute approximate surface area is 101 Å². The molecule has 2 N–H and O–H groups in total. The van der Waals surface area contributed by atoms with Crippen LogP contribution in [0.25, 0.3) is 0 Å². The molecule has 0 spiro atoms. The monoisotopic (exact) mass is 242 g/mol. The fourth-order valence-electron chi connectivity index (χ4n) is 1.59. The van der Waals surface area contributed by atoms with Crippen molar-refractivity contribution in [2.75, 3.05) is 20.1 Å². The van der Waals surface area contributed by atoms with E-state index in [9.17, 15) is 8.78 Å². The standard InChI is InChI=1S/C13H20F2N2/c1-10(8-16)5-6-17(2)9-11-7-12(14)3-4-13(11)15/h3-4,7,10H,5-6,8-9,16H2,1-2H3. The van der Waals surface area contributed by atoms with Gasteiger partial charge in [-0.25, -0.2) is 8.78 Å². The molecule has 0 aromatic heterocycles. The highest BCUT2D eigenvalue weighted by atomic mass is 19.1. The van der Waals surface area contributed by atoms with Crippen LogP contribution in [-0.2, 0) is 6.54 Å². The number of hydrogen-bond acceptors (Lipinski definition) is 2. The van der Waals surface area contributed by atoms with E-state index in [1.54, 1.807) is 0 Å². The zero-order chi connectivity index (χ0) is 12.8. The van der Waals surface area contributed by atoms with Crippen molar-refractivity contribution in [2.24, 2.45) is 11.7 Å². The van der Waals surface area contributed by atoms with E-state index in [1.807, 2.05) is 11.9 Å². The van der Waals surface area contributed by atoms with Gasteiger partial charge in [0.25, 0.3) is 0 Å². The summed E-state index contributed by atoms with van der Waals surface area (Å²) in [7, 11) is 1.90. The third kappa shape index (κ3) is 4.79. The van der Waals surface area contributed by atoms with E-state index in [0.717, 1.165) is 19.0 Å². The Kier molecular flexibility index (Phi) is 5.51. The van der Waals surface area contributed by atoms with Crippen LogP contribution in [0.5, 0.6) is 0 Å². The van der Waals surface area contributed by atoms with E-state index in [0.29, 0.717) is 24.6 Å². The molecule has 0 amide bonds. The lowest BCUT2D eigenvalue weighted by Crippen LogP contribution is -2.23. The van der Waals surface area contributed by atoms with Crippen molar-refractivity contribution in [1.82, 2.24) is 4.90 Å². The molecule has 1 aromatic carbocycles. The molecule has 2 nitrogen and oxygen atoms in total. The Hall–Kier alpha value is -1.00. The molecular weight excluding hydrogens is 222 g/mol. The Morgan fingerprint density at radius 2 is 2.06 bits per heavy atom. The van der Waals surface area contributed by atoms with Gasteiger partial charge in [0.2, 0.25) is 0 Å². The second-order valence-electron chi connectivity index (χ2n) is 4.60. The Morgan fingerprint density at radius 1 is 1.35 bits per heavy atom. The third-order valence-corrected chi connectivity index (χ3v) is 2.85. The second-order valence-corrected chi connectivity index (χ2v) is 4.60. The summed E-state index contributed by atoms with van der Waals surface area (Å²) in [5, 5.41) is 0. The highest BCUT2D eigenvalue weighted by Gasteiger charge is 2.08. The van der Waals surface area contributed by atoms with Crippen LogP contribution < -0.4 is 5.73 Å². The highest BCUT2D eigenvalue weighted by Crippen LogP contribution is 2.12. The number of nitrogens with two attached hydrogens (primary N) is 1. The van der Waals surface area contributed by atoms with Crippen LogP contribution in [0.2, 0.25) is 0 Å². The third-order valence-electron chi connectivity index (χ3n) is 2.85. The maximum atomic E-state index is 13.4. The van der Waals surface area contributed by atoms with E-state index in [4.69, 9.17) is 5.73 Å². The first kappa shape index (κ1) is 14.1. The number of nitrogens with zero attached hydrogens (tertiary/aromatic N) is 1. The van der Waals surface area contributed by atoms with Gasteiger partial charge < -0.3 is 10.6 Å². The summed E-state index contributed by atoms with van der Waals surface area (Å²) in [5.41, 5.74) is 5.92. The van der Waals surface area contributed by atoms with E-state index in [1.165, 1.54) is 12.1 Å². The number of rotatable bonds is 6. The fraction of sp³-hybridized carbons (Fsp3) is 0.538. The molecule has 1 aromatic rings. The average Bonchev–Trinajstić information content (AvgIpc) is 2.30. The minimum absolute atomic E-state index is 0.356. The Bertz CT molecular complexity index is 355. The lowest BCUT2D eigenvalue weighted by Gasteiger charge is -2.19.